The van der Waals surface area contributed by atoms with E-state index >= 15 is 0 Å². The number of carbonyl (C=O) groups is 1. The zero-order chi connectivity index (χ0) is 24.7. The largest absolute Gasteiger partial charge is 0.369 e. The van der Waals surface area contributed by atoms with Crippen LogP contribution in [0.1, 0.15) is 30.7 Å². The molecule has 1 aliphatic heterocycles. The van der Waals surface area contributed by atoms with Crippen molar-refractivity contribution in [3.8, 4) is 11.4 Å². The summed E-state index contributed by atoms with van der Waals surface area (Å²) in [5.74, 6) is 0.508. The van der Waals surface area contributed by atoms with Gasteiger partial charge in [-0.25, -0.2) is 9.97 Å². The molecule has 1 aromatic carbocycles. The molecule has 3 aromatic rings. The molecule has 0 radical (unpaired) electrons. The molecule has 1 saturated heterocycles. The normalized spacial score (nSPS) is 17.0. The van der Waals surface area contributed by atoms with Gasteiger partial charge in [-0.2, -0.15) is 5.10 Å². The molecule has 0 bridgehead atoms. The Balaban J connectivity index is 1.41. The van der Waals surface area contributed by atoms with Crippen LogP contribution in [0.4, 0.5) is 17.3 Å². The van der Waals surface area contributed by atoms with E-state index in [-0.39, 0.29) is 17.7 Å². The van der Waals surface area contributed by atoms with E-state index in [9.17, 15) is 4.79 Å². The van der Waals surface area contributed by atoms with Gasteiger partial charge < -0.3 is 20.4 Å². The average molecular weight is 475 g/mol. The van der Waals surface area contributed by atoms with Gasteiger partial charge in [0.1, 0.15) is 0 Å². The number of rotatable bonds is 5. The average Bonchev–Trinajstić information content (AvgIpc) is 3.17. The van der Waals surface area contributed by atoms with E-state index in [2.05, 4.69) is 70.6 Å². The number of aromatic nitrogens is 4. The second-order valence-corrected chi connectivity index (χ2v) is 10.2. The lowest BCUT2D eigenvalue weighted by molar-refractivity contribution is -0.120. The molecule has 2 aliphatic rings. The molecule has 1 amide bonds. The SMILES string of the molecule is CNC(=O)Cc1nn(C)c2c1C(C)(C)Cc1cnc(Nc3ccc(N4CCN(C)CC4)cc3)nc1-2. The van der Waals surface area contributed by atoms with Crippen LogP contribution in [-0.2, 0) is 30.1 Å². The Kier molecular flexibility index (Phi) is 5.96. The summed E-state index contributed by atoms with van der Waals surface area (Å²) in [4.78, 5) is 26.4. The minimum atomic E-state index is -0.169. The third-order valence-corrected chi connectivity index (χ3v) is 7.12. The van der Waals surface area contributed by atoms with Crippen LogP contribution in [0.15, 0.2) is 30.5 Å². The Hall–Kier alpha value is -3.46. The quantitative estimate of drug-likeness (QED) is 0.587. The second-order valence-electron chi connectivity index (χ2n) is 10.2. The first-order valence-electron chi connectivity index (χ1n) is 12.2. The molecule has 1 aliphatic carbocycles. The maximum absolute atomic E-state index is 12.1. The minimum absolute atomic E-state index is 0.0439. The molecule has 2 N–H and O–H groups in total. The highest BCUT2D eigenvalue weighted by Crippen LogP contribution is 2.44. The first-order chi connectivity index (χ1) is 16.7. The van der Waals surface area contributed by atoms with E-state index in [0.717, 1.165) is 66.5 Å². The lowest BCUT2D eigenvalue weighted by Gasteiger charge is -2.34. The van der Waals surface area contributed by atoms with E-state index in [4.69, 9.17) is 10.1 Å². The van der Waals surface area contributed by atoms with Crippen molar-refractivity contribution in [2.24, 2.45) is 7.05 Å². The molecule has 2 aromatic heterocycles. The Morgan fingerprint density at radius 3 is 2.49 bits per heavy atom. The number of hydrogen-bond donors (Lipinski definition) is 2. The van der Waals surface area contributed by atoms with Gasteiger partial charge in [0.15, 0.2) is 0 Å². The summed E-state index contributed by atoms with van der Waals surface area (Å²) in [6, 6.07) is 8.46. The molecule has 0 unspecified atom stereocenters. The zero-order valence-corrected chi connectivity index (χ0v) is 21.2. The molecule has 5 rings (SSSR count). The number of fused-ring (bicyclic) bond motifs is 3. The number of likely N-dealkylation sites (N-methyl/N-ethyl adjacent to an activating group) is 2. The zero-order valence-electron chi connectivity index (χ0n) is 21.2. The van der Waals surface area contributed by atoms with Gasteiger partial charge in [0.2, 0.25) is 11.9 Å². The van der Waals surface area contributed by atoms with Crippen LogP contribution in [0.2, 0.25) is 0 Å². The van der Waals surface area contributed by atoms with Crippen molar-refractivity contribution in [2.75, 3.05) is 50.5 Å². The van der Waals surface area contributed by atoms with Gasteiger partial charge >= 0.3 is 0 Å². The highest BCUT2D eigenvalue weighted by molar-refractivity contribution is 5.80. The van der Waals surface area contributed by atoms with Gasteiger partial charge in [-0.15, -0.1) is 0 Å². The maximum atomic E-state index is 12.1. The molecule has 35 heavy (non-hydrogen) atoms. The topological polar surface area (TPSA) is 91.2 Å². The van der Waals surface area contributed by atoms with Gasteiger partial charge in [0, 0.05) is 63.4 Å². The number of nitrogens with one attached hydrogen (secondary N) is 2. The summed E-state index contributed by atoms with van der Waals surface area (Å²) < 4.78 is 1.86. The van der Waals surface area contributed by atoms with Crippen LogP contribution in [0.25, 0.3) is 11.4 Å². The summed E-state index contributed by atoms with van der Waals surface area (Å²) in [6.45, 7) is 8.64. The summed E-state index contributed by atoms with van der Waals surface area (Å²) in [6.07, 6.45) is 2.97. The van der Waals surface area contributed by atoms with E-state index < -0.39 is 0 Å². The van der Waals surface area contributed by atoms with Gasteiger partial charge in [0.25, 0.3) is 0 Å². The predicted octanol–water partition coefficient (Wildman–Crippen LogP) is 2.49. The Labute approximate surface area is 206 Å². The van der Waals surface area contributed by atoms with Crippen molar-refractivity contribution >= 4 is 23.2 Å². The van der Waals surface area contributed by atoms with E-state index in [1.807, 2.05) is 17.9 Å². The summed E-state index contributed by atoms with van der Waals surface area (Å²) in [5, 5.41) is 10.8. The minimum Gasteiger partial charge on any atom is -0.369 e. The fraction of sp³-hybridized carbons (Fsp3) is 0.462. The van der Waals surface area contributed by atoms with Crippen molar-refractivity contribution in [3.05, 3.63) is 47.3 Å². The summed E-state index contributed by atoms with van der Waals surface area (Å²) >= 11 is 0. The fourth-order valence-electron chi connectivity index (χ4n) is 5.24. The first kappa shape index (κ1) is 23.3. The number of nitrogens with zero attached hydrogens (tertiary/aromatic N) is 6. The van der Waals surface area contributed by atoms with Gasteiger partial charge in [-0.3, -0.25) is 9.48 Å². The van der Waals surface area contributed by atoms with Crippen molar-refractivity contribution < 1.29 is 4.79 Å². The molecule has 9 heteroatoms. The van der Waals surface area contributed by atoms with Crippen LogP contribution in [-0.4, -0.2) is 70.8 Å². The maximum Gasteiger partial charge on any atom is 0.227 e. The van der Waals surface area contributed by atoms with Crippen LogP contribution in [0, 0.1) is 0 Å². The highest BCUT2D eigenvalue weighted by atomic mass is 16.1. The number of aryl methyl sites for hydroxylation is 1. The third-order valence-electron chi connectivity index (χ3n) is 7.12. The van der Waals surface area contributed by atoms with Gasteiger partial charge in [-0.05, 0) is 48.7 Å². The Morgan fingerprint density at radius 1 is 1.09 bits per heavy atom. The molecule has 9 nitrogen and oxygen atoms in total. The van der Waals surface area contributed by atoms with Gasteiger partial charge in [0.05, 0.1) is 23.5 Å². The standard InChI is InChI=1S/C26H34N8O/c1-26(2)15-17-16-28-25(29-18-6-8-19(9-7-18)34-12-10-32(4)11-13-34)30-23(17)24-22(26)20(31-33(24)5)14-21(35)27-3/h6-9,16H,10-15H2,1-5H3,(H,27,35)(H,28,29,30). The highest BCUT2D eigenvalue weighted by Gasteiger charge is 2.38. The lowest BCUT2D eigenvalue weighted by atomic mass is 9.73. The number of piperazine rings is 1. The molecule has 0 saturated carbocycles. The number of benzene rings is 1. The van der Waals surface area contributed by atoms with Gasteiger partial charge in [-0.1, -0.05) is 13.8 Å². The molecule has 0 atom stereocenters. The molecular formula is C26H34N8O. The summed E-state index contributed by atoms with van der Waals surface area (Å²) in [7, 11) is 5.74. The van der Waals surface area contributed by atoms with Crippen LogP contribution >= 0.6 is 0 Å². The number of carbonyl (C=O) groups excluding carboxylic acids is 1. The Bertz CT molecular complexity index is 1240. The molecular weight excluding hydrogens is 440 g/mol. The lowest BCUT2D eigenvalue weighted by Crippen LogP contribution is -2.44. The monoisotopic (exact) mass is 474 g/mol. The second kappa shape index (κ2) is 8.96. The third kappa shape index (κ3) is 4.48. The van der Waals surface area contributed by atoms with Crippen molar-refractivity contribution in [2.45, 2.75) is 32.1 Å². The predicted molar refractivity (Wildman–Crippen MR) is 138 cm³/mol. The van der Waals surface area contributed by atoms with E-state index in [0.29, 0.717) is 5.95 Å². The fourth-order valence-corrected chi connectivity index (χ4v) is 5.24. The molecule has 1 fully saturated rings. The first-order valence-corrected chi connectivity index (χ1v) is 12.2. The molecule has 184 valence electrons. The number of hydrogen-bond acceptors (Lipinski definition) is 7. The smallest absolute Gasteiger partial charge is 0.227 e. The Morgan fingerprint density at radius 2 is 1.80 bits per heavy atom. The number of anilines is 3. The van der Waals surface area contributed by atoms with E-state index in [1.165, 1.54) is 5.69 Å². The van der Waals surface area contributed by atoms with Crippen molar-refractivity contribution in [3.63, 3.8) is 0 Å². The molecule has 0 spiro atoms. The van der Waals surface area contributed by atoms with Crippen molar-refractivity contribution in [1.82, 2.24) is 30.0 Å². The van der Waals surface area contributed by atoms with Crippen LogP contribution in [0.3, 0.4) is 0 Å². The van der Waals surface area contributed by atoms with Crippen molar-refractivity contribution in [1.29, 1.82) is 0 Å². The number of amides is 1. The summed E-state index contributed by atoms with van der Waals surface area (Å²) in [5.41, 5.74) is 6.85. The van der Waals surface area contributed by atoms with Crippen LogP contribution in [0.5, 0.6) is 0 Å². The molecule has 3 heterocycles. The van der Waals surface area contributed by atoms with Crippen LogP contribution < -0.4 is 15.5 Å². The van der Waals surface area contributed by atoms with E-state index in [1.54, 1.807) is 7.05 Å².